The van der Waals surface area contributed by atoms with Gasteiger partial charge in [0.25, 0.3) is 0 Å². The summed E-state index contributed by atoms with van der Waals surface area (Å²) in [4.78, 5) is 11.4. The Morgan fingerprint density at radius 3 is 2.36 bits per heavy atom. The van der Waals surface area contributed by atoms with Crippen LogP contribution in [0.2, 0.25) is 0 Å². The van der Waals surface area contributed by atoms with Crippen molar-refractivity contribution in [3.63, 3.8) is 0 Å². The van der Waals surface area contributed by atoms with Crippen LogP contribution >= 0.6 is 0 Å². The summed E-state index contributed by atoms with van der Waals surface area (Å²) in [6.45, 7) is 8.78. The SMILES string of the molecule is CCCCCC(C)C(=O)OCC(C)C. The van der Waals surface area contributed by atoms with E-state index in [1.165, 1.54) is 12.8 Å². The topological polar surface area (TPSA) is 26.3 Å². The van der Waals surface area contributed by atoms with Crippen molar-refractivity contribution in [1.29, 1.82) is 0 Å². The van der Waals surface area contributed by atoms with Crippen molar-refractivity contribution < 1.29 is 9.53 Å². The largest absolute Gasteiger partial charge is 0.465 e. The Kier molecular flexibility index (Phi) is 7.54. The Bertz CT molecular complexity index is 152. The van der Waals surface area contributed by atoms with Crippen molar-refractivity contribution >= 4 is 5.97 Å². The van der Waals surface area contributed by atoms with Crippen LogP contribution in [0, 0.1) is 11.8 Å². The van der Waals surface area contributed by atoms with Crippen molar-refractivity contribution in [3.8, 4) is 0 Å². The Morgan fingerprint density at radius 1 is 1.21 bits per heavy atom. The zero-order valence-electron chi connectivity index (χ0n) is 10.0. The van der Waals surface area contributed by atoms with Gasteiger partial charge in [0.15, 0.2) is 0 Å². The highest BCUT2D eigenvalue weighted by atomic mass is 16.5. The number of ether oxygens (including phenoxy) is 1. The summed E-state index contributed by atoms with van der Waals surface area (Å²) in [5.41, 5.74) is 0. The summed E-state index contributed by atoms with van der Waals surface area (Å²) in [5, 5.41) is 0. The molecule has 2 nitrogen and oxygen atoms in total. The molecule has 0 heterocycles. The lowest BCUT2D eigenvalue weighted by molar-refractivity contribution is -0.149. The zero-order valence-corrected chi connectivity index (χ0v) is 10.0. The maximum atomic E-state index is 11.4. The molecule has 0 aliphatic rings. The number of esters is 1. The van der Waals surface area contributed by atoms with Gasteiger partial charge in [-0.2, -0.15) is 0 Å². The lowest BCUT2D eigenvalue weighted by Crippen LogP contribution is -2.17. The first-order valence-electron chi connectivity index (χ1n) is 5.74. The second-order valence-corrected chi connectivity index (χ2v) is 4.42. The zero-order chi connectivity index (χ0) is 11.0. The van der Waals surface area contributed by atoms with Gasteiger partial charge < -0.3 is 4.74 Å². The molecule has 2 heteroatoms. The molecule has 0 radical (unpaired) electrons. The van der Waals surface area contributed by atoms with E-state index in [2.05, 4.69) is 20.8 Å². The molecule has 0 aromatic rings. The smallest absolute Gasteiger partial charge is 0.308 e. The Balaban J connectivity index is 3.54. The van der Waals surface area contributed by atoms with Gasteiger partial charge in [0.05, 0.1) is 12.5 Å². The lowest BCUT2D eigenvalue weighted by Gasteiger charge is -2.12. The van der Waals surface area contributed by atoms with Gasteiger partial charge in [0, 0.05) is 0 Å². The molecule has 0 saturated heterocycles. The minimum absolute atomic E-state index is 0.0326. The number of hydrogen-bond acceptors (Lipinski definition) is 2. The van der Waals surface area contributed by atoms with Gasteiger partial charge in [-0.25, -0.2) is 0 Å². The number of unbranched alkanes of at least 4 members (excludes halogenated alkanes) is 2. The molecule has 0 aliphatic carbocycles. The fraction of sp³-hybridized carbons (Fsp3) is 0.917. The van der Waals surface area contributed by atoms with E-state index in [0.29, 0.717) is 12.5 Å². The number of carbonyl (C=O) groups is 1. The third-order valence-corrected chi connectivity index (χ3v) is 2.20. The second kappa shape index (κ2) is 7.84. The first-order valence-corrected chi connectivity index (χ1v) is 5.74. The van der Waals surface area contributed by atoms with E-state index >= 15 is 0 Å². The molecule has 0 bridgehead atoms. The highest BCUT2D eigenvalue weighted by Gasteiger charge is 2.13. The number of carbonyl (C=O) groups excluding carboxylic acids is 1. The standard InChI is InChI=1S/C12H24O2/c1-5-6-7-8-11(4)12(13)14-9-10(2)3/h10-11H,5-9H2,1-4H3. The summed E-state index contributed by atoms with van der Waals surface area (Å²) < 4.78 is 5.16. The Hall–Kier alpha value is -0.530. The second-order valence-electron chi connectivity index (χ2n) is 4.42. The van der Waals surface area contributed by atoms with Crippen LogP contribution in [-0.4, -0.2) is 12.6 Å². The van der Waals surface area contributed by atoms with E-state index < -0.39 is 0 Å². The van der Waals surface area contributed by atoms with Crippen LogP contribution in [0.1, 0.15) is 53.4 Å². The molecule has 1 unspecified atom stereocenters. The van der Waals surface area contributed by atoms with Crippen molar-refractivity contribution in [1.82, 2.24) is 0 Å². The molecule has 1 atom stereocenters. The molecule has 0 amide bonds. The Labute approximate surface area is 88.0 Å². The van der Waals surface area contributed by atoms with Crippen molar-refractivity contribution in [2.24, 2.45) is 11.8 Å². The summed E-state index contributed by atoms with van der Waals surface area (Å²) in [7, 11) is 0. The van der Waals surface area contributed by atoms with Gasteiger partial charge in [-0.15, -0.1) is 0 Å². The molecule has 0 aromatic heterocycles. The van der Waals surface area contributed by atoms with E-state index in [1.807, 2.05) is 6.92 Å². The summed E-state index contributed by atoms with van der Waals surface area (Å²) >= 11 is 0. The van der Waals surface area contributed by atoms with E-state index in [4.69, 9.17) is 4.74 Å². The first-order chi connectivity index (χ1) is 6.57. The maximum absolute atomic E-state index is 11.4. The number of hydrogen-bond donors (Lipinski definition) is 0. The van der Waals surface area contributed by atoms with Crippen LogP contribution in [0.25, 0.3) is 0 Å². The third-order valence-electron chi connectivity index (χ3n) is 2.20. The fourth-order valence-electron chi connectivity index (χ4n) is 1.21. The monoisotopic (exact) mass is 200 g/mol. The predicted octanol–water partition coefficient (Wildman–Crippen LogP) is 3.40. The maximum Gasteiger partial charge on any atom is 0.308 e. The van der Waals surface area contributed by atoms with Crippen molar-refractivity contribution in [2.75, 3.05) is 6.61 Å². The van der Waals surface area contributed by atoms with E-state index in [0.717, 1.165) is 12.8 Å². The van der Waals surface area contributed by atoms with Crippen LogP contribution in [0.15, 0.2) is 0 Å². The molecular formula is C12H24O2. The van der Waals surface area contributed by atoms with Crippen LogP contribution in [-0.2, 0) is 9.53 Å². The first kappa shape index (κ1) is 13.5. The van der Waals surface area contributed by atoms with Crippen LogP contribution in [0.3, 0.4) is 0 Å². The van der Waals surface area contributed by atoms with Gasteiger partial charge in [-0.1, -0.05) is 47.0 Å². The van der Waals surface area contributed by atoms with Gasteiger partial charge in [0.2, 0.25) is 0 Å². The average molecular weight is 200 g/mol. The molecule has 84 valence electrons. The highest BCUT2D eigenvalue weighted by Crippen LogP contribution is 2.11. The van der Waals surface area contributed by atoms with E-state index in [-0.39, 0.29) is 11.9 Å². The summed E-state index contributed by atoms with van der Waals surface area (Å²) in [6.07, 6.45) is 4.51. The highest BCUT2D eigenvalue weighted by molar-refractivity contribution is 5.71. The van der Waals surface area contributed by atoms with Crippen molar-refractivity contribution in [2.45, 2.75) is 53.4 Å². The molecule has 0 fully saturated rings. The minimum Gasteiger partial charge on any atom is -0.465 e. The van der Waals surface area contributed by atoms with Crippen LogP contribution < -0.4 is 0 Å². The Morgan fingerprint density at radius 2 is 1.86 bits per heavy atom. The summed E-state index contributed by atoms with van der Waals surface area (Å²) in [5.74, 6) is 0.469. The quantitative estimate of drug-likeness (QED) is 0.465. The molecule has 0 rings (SSSR count). The normalized spacial score (nSPS) is 12.9. The predicted molar refractivity (Wildman–Crippen MR) is 59.1 cm³/mol. The molecule has 0 spiro atoms. The molecule has 14 heavy (non-hydrogen) atoms. The van der Waals surface area contributed by atoms with Gasteiger partial charge in [0.1, 0.15) is 0 Å². The van der Waals surface area contributed by atoms with Gasteiger partial charge in [-0.3, -0.25) is 4.79 Å². The van der Waals surface area contributed by atoms with Crippen molar-refractivity contribution in [3.05, 3.63) is 0 Å². The van der Waals surface area contributed by atoms with E-state index in [9.17, 15) is 4.79 Å². The fourth-order valence-corrected chi connectivity index (χ4v) is 1.21. The molecule has 0 saturated carbocycles. The third kappa shape index (κ3) is 6.93. The molecule has 0 N–H and O–H groups in total. The van der Waals surface area contributed by atoms with Crippen LogP contribution in [0.4, 0.5) is 0 Å². The molecular weight excluding hydrogens is 176 g/mol. The van der Waals surface area contributed by atoms with E-state index in [1.54, 1.807) is 0 Å². The molecule has 0 aliphatic heterocycles. The van der Waals surface area contributed by atoms with Gasteiger partial charge in [-0.05, 0) is 12.3 Å². The minimum atomic E-state index is -0.0326. The van der Waals surface area contributed by atoms with Gasteiger partial charge >= 0.3 is 5.97 Å². The van der Waals surface area contributed by atoms with Crippen LogP contribution in [0.5, 0.6) is 0 Å². The number of rotatable bonds is 7. The molecule has 0 aromatic carbocycles. The summed E-state index contributed by atoms with van der Waals surface area (Å²) in [6, 6.07) is 0. The average Bonchev–Trinajstić information content (AvgIpc) is 2.14. The lowest BCUT2D eigenvalue weighted by atomic mass is 10.0.